The summed E-state index contributed by atoms with van der Waals surface area (Å²) in [5.41, 5.74) is 1.24. The molecule has 1 aliphatic carbocycles. The number of aryl methyl sites for hydroxylation is 1. The van der Waals surface area contributed by atoms with Crippen LogP contribution in [0.1, 0.15) is 37.7 Å². The van der Waals surface area contributed by atoms with E-state index in [-0.39, 0.29) is 5.56 Å². The first-order valence-corrected chi connectivity index (χ1v) is 7.11. The third-order valence-electron chi connectivity index (χ3n) is 3.45. The Labute approximate surface area is 110 Å². The standard InChI is InChI=1S/C13H18INO/c1-10-7-13(16)15(9-12(10)14)8-11-5-3-2-4-6-11/h7,9,11H,2-6,8H2,1H3. The molecule has 0 spiro atoms. The molecule has 1 aromatic heterocycles. The molecule has 16 heavy (non-hydrogen) atoms. The van der Waals surface area contributed by atoms with Crippen molar-refractivity contribution in [1.29, 1.82) is 0 Å². The molecule has 2 nitrogen and oxygen atoms in total. The number of hydrogen-bond donors (Lipinski definition) is 0. The summed E-state index contributed by atoms with van der Waals surface area (Å²) < 4.78 is 3.08. The van der Waals surface area contributed by atoms with Crippen LogP contribution in [0, 0.1) is 16.4 Å². The van der Waals surface area contributed by atoms with Crippen molar-refractivity contribution in [3.8, 4) is 0 Å². The summed E-state index contributed by atoms with van der Waals surface area (Å²) in [4.78, 5) is 11.8. The van der Waals surface area contributed by atoms with Crippen LogP contribution in [0.15, 0.2) is 17.1 Å². The van der Waals surface area contributed by atoms with Crippen LogP contribution < -0.4 is 5.56 Å². The maximum Gasteiger partial charge on any atom is 0.250 e. The molecule has 2 rings (SSSR count). The van der Waals surface area contributed by atoms with E-state index in [4.69, 9.17) is 0 Å². The first-order valence-electron chi connectivity index (χ1n) is 6.03. The van der Waals surface area contributed by atoms with Crippen LogP contribution in [0.25, 0.3) is 0 Å². The van der Waals surface area contributed by atoms with Gasteiger partial charge in [0.15, 0.2) is 0 Å². The molecule has 1 aliphatic rings. The van der Waals surface area contributed by atoms with E-state index in [1.807, 2.05) is 17.7 Å². The molecule has 0 bridgehead atoms. The molecular weight excluding hydrogens is 313 g/mol. The molecule has 0 unspecified atom stereocenters. The van der Waals surface area contributed by atoms with Gasteiger partial charge in [-0.25, -0.2) is 0 Å². The minimum Gasteiger partial charge on any atom is -0.314 e. The third-order valence-corrected chi connectivity index (χ3v) is 4.58. The number of aromatic nitrogens is 1. The van der Waals surface area contributed by atoms with E-state index < -0.39 is 0 Å². The highest BCUT2D eigenvalue weighted by Crippen LogP contribution is 2.24. The van der Waals surface area contributed by atoms with Crippen molar-refractivity contribution < 1.29 is 0 Å². The minimum atomic E-state index is 0.156. The molecule has 0 amide bonds. The molecule has 1 heterocycles. The van der Waals surface area contributed by atoms with Gasteiger partial charge in [-0.05, 0) is 53.8 Å². The fraction of sp³-hybridized carbons (Fsp3) is 0.615. The summed E-state index contributed by atoms with van der Waals surface area (Å²) in [6, 6.07) is 1.75. The zero-order chi connectivity index (χ0) is 11.5. The highest BCUT2D eigenvalue weighted by molar-refractivity contribution is 14.1. The van der Waals surface area contributed by atoms with Gasteiger partial charge in [0.1, 0.15) is 0 Å². The van der Waals surface area contributed by atoms with Gasteiger partial charge >= 0.3 is 0 Å². The SMILES string of the molecule is Cc1cc(=O)n(CC2CCCCC2)cc1I. The number of nitrogens with zero attached hydrogens (tertiary/aromatic N) is 1. The summed E-state index contributed by atoms with van der Waals surface area (Å²) in [5, 5.41) is 0. The topological polar surface area (TPSA) is 22.0 Å². The Morgan fingerprint density at radius 3 is 2.75 bits per heavy atom. The second kappa shape index (κ2) is 5.34. The van der Waals surface area contributed by atoms with Crippen molar-refractivity contribution in [2.45, 2.75) is 45.6 Å². The van der Waals surface area contributed by atoms with Crippen LogP contribution in [0.4, 0.5) is 0 Å². The molecule has 0 aromatic carbocycles. The maximum absolute atomic E-state index is 11.8. The van der Waals surface area contributed by atoms with Crippen LogP contribution in [0.3, 0.4) is 0 Å². The van der Waals surface area contributed by atoms with E-state index in [1.54, 1.807) is 6.07 Å². The van der Waals surface area contributed by atoms with E-state index in [2.05, 4.69) is 22.6 Å². The minimum absolute atomic E-state index is 0.156. The average molecular weight is 331 g/mol. The smallest absolute Gasteiger partial charge is 0.250 e. The Morgan fingerprint density at radius 2 is 2.06 bits per heavy atom. The van der Waals surface area contributed by atoms with E-state index >= 15 is 0 Å². The van der Waals surface area contributed by atoms with Gasteiger partial charge in [-0.2, -0.15) is 0 Å². The van der Waals surface area contributed by atoms with Crippen molar-refractivity contribution in [2.75, 3.05) is 0 Å². The largest absolute Gasteiger partial charge is 0.314 e. The van der Waals surface area contributed by atoms with Gasteiger partial charge in [0.25, 0.3) is 5.56 Å². The number of pyridine rings is 1. The fourth-order valence-electron chi connectivity index (χ4n) is 2.43. The normalized spacial score (nSPS) is 17.6. The van der Waals surface area contributed by atoms with Crippen molar-refractivity contribution in [1.82, 2.24) is 4.57 Å². The van der Waals surface area contributed by atoms with Gasteiger partial charge in [0.05, 0.1) is 0 Å². The lowest BCUT2D eigenvalue weighted by Crippen LogP contribution is -2.25. The molecule has 0 atom stereocenters. The molecule has 88 valence electrons. The molecular formula is C13H18INO. The zero-order valence-corrected chi connectivity index (χ0v) is 11.9. The third kappa shape index (κ3) is 2.87. The fourth-order valence-corrected chi connectivity index (χ4v) is 2.92. The van der Waals surface area contributed by atoms with Gasteiger partial charge in [0.2, 0.25) is 0 Å². The van der Waals surface area contributed by atoms with Crippen molar-refractivity contribution >= 4 is 22.6 Å². The van der Waals surface area contributed by atoms with E-state index in [9.17, 15) is 4.79 Å². The van der Waals surface area contributed by atoms with Gasteiger partial charge in [-0.15, -0.1) is 0 Å². The number of halogens is 1. The molecule has 3 heteroatoms. The van der Waals surface area contributed by atoms with Crippen LogP contribution >= 0.6 is 22.6 Å². The van der Waals surface area contributed by atoms with Gasteiger partial charge in [0, 0.05) is 22.4 Å². The van der Waals surface area contributed by atoms with Crippen molar-refractivity contribution in [3.05, 3.63) is 31.8 Å². The number of hydrogen-bond acceptors (Lipinski definition) is 1. The number of rotatable bonds is 2. The zero-order valence-electron chi connectivity index (χ0n) is 9.71. The lowest BCUT2D eigenvalue weighted by molar-refractivity contribution is 0.316. The molecule has 0 N–H and O–H groups in total. The van der Waals surface area contributed by atoms with Crippen molar-refractivity contribution in [2.24, 2.45) is 5.92 Å². The first-order chi connectivity index (χ1) is 7.66. The van der Waals surface area contributed by atoms with Crippen LogP contribution in [-0.4, -0.2) is 4.57 Å². The summed E-state index contributed by atoms with van der Waals surface area (Å²) in [5.74, 6) is 0.713. The Hall–Kier alpha value is -0.320. The highest BCUT2D eigenvalue weighted by atomic mass is 127. The summed E-state index contributed by atoms with van der Waals surface area (Å²) in [6.45, 7) is 2.91. The predicted octanol–water partition coefficient (Wildman–Crippen LogP) is 3.34. The quantitative estimate of drug-likeness (QED) is 0.762. The molecule has 0 radical (unpaired) electrons. The van der Waals surface area contributed by atoms with E-state index in [0.29, 0.717) is 5.92 Å². The van der Waals surface area contributed by atoms with Gasteiger partial charge < -0.3 is 4.57 Å². The average Bonchev–Trinajstić information content (AvgIpc) is 2.27. The second-order valence-corrected chi connectivity index (χ2v) is 5.96. The monoisotopic (exact) mass is 331 g/mol. The second-order valence-electron chi connectivity index (χ2n) is 4.80. The van der Waals surface area contributed by atoms with E-state index in [1.165, 1.54) is 35.7 Å². The Morgan fingerprint density at radius 1 is 1.38 bits per heavy atom. The van der Waals surface area contributed by atoms with Gasteiger partial charge in [-0.1, -0.05) is 19.3 Å². The highest BCUT2D eigenvalue weighted by Gasteiger charge is 2.14. The lowest BCUT2D eigenvalue weighted by Gasteiger charge is -2.22. The molecule has 0 aliphatic heterocycles. The Balaban J connectivity index is 2.14. The van der Waals surface area contributed by atoms with Crippen LogP contribution in [-0.2, 0) is 6.54 Å². The summed E-state index contributed by atoms with van der Waals surface area (Å²) in [6.07, 6.45) is 8.63. The predicted molar refractivity (Wildman–Crippen MR) is 74.7 cm³/mol. The van der Waals surface area contributed by atoms with Crippen LogP contribution in [0.5, 0.6) is 0 Å². The molecule has 1 saturated carbocycles. The summed E-state index contributed by atoms with van der Waals surface area (Å²) in [7, 11) is 0. The van der Waals surface area contributed by atoms with E-state index in [0.717, 1.165) is 12.1 Å². The Bertz CT molecular complexity index is 418. The van der Waals surface area contributed by atoms with Crippen molar-refractivity contribution in [3.63, 3.8) is 0 Å². The molecule has 1 aromatic rings. The summed E-state index contributed by atoms with van der Waals surface area (Å²) >= 11 is 2.30. The first kappa shape index (κ1) is 12.1. The van der Waals surface area contributed by atoms with Gasteiger partial charge in [-0.3, -0.25) is 4.79 Å². The lowest BCUT2D eigenvalue weighted by atomic mass is 9.89. The van der Waals surface area contributed by atoms with Crippen LogP contribution in [0.2, 0.25) is 0 Å². The molecule has 0 saturated heterocycles. The Kier molecular flexibility index (Phi) is 4.05. The molecule has 1 fully saturated rings. The maximum atomic E-state index is 11.8.